The molecule has 1 rings (SSSR count). The molecule has 0 saturated heterocycles. The molecule has 3 heteroatoms. The number of thiophene rings is 1. The standard InChI is InChI=1S/C9H14BrNS/c1-3-9-8(10)6-7(12-9)4-5-11-2/h6,11H,3-5H2,1-2H3. The lowest BCUT2D eigenvalue weighted by atomic mass is 10.3. The number of halogens is 1. The maximum atomic E-state index is 3.56. The van der Waals surface area contributed by atoms with Crippen LogP contribution in [0, 0.1) is 0 Å². The molecule has 0 saturated carbocycles. The van der Waals surface area contributed by atoms with Crippen LogP contribution in [0.4, 0.5) is 0 Å². The summed E-state index contributed by atoms with van der Waals surface area (Å²) in [7, 11) is 1.99. The summed E-state index contributed by atoms with van der Waals surface area (Å²) in [6.07, 6.45) is 2.27. The van der Waals surface area contributed by atoms with Crippen LogP contribution in [-0.4, -0.2) is 13.6 Å². The van der Waals surface area contributed by atoms with Crippen LogP contribution in [0.2, 0.25) is 0 Å². The highest BCUT2D eigenvalue weighted by atomic mass is 79.9. The topological polar surface area (TPSA) is 12.0 Å². The van der Waals surface area contributed by atoms with Crippen molar-refractivity contribution in [2.24, 2.45) is 0 Å². The third kappa shape index (κ3) is 2.57. The number of aryl methyl sites for hydroxylation is 1. The van der Waals surface area contributed by atoms with E-state index in [1.807, 2.05) is 18.4 Å². The van der Waals surface area contributed by atoms with E-state index in [2.05, 4.69) is 34.2 Å². The predicted molar refractivity (Wildman–Crippen MR) is 59.0 cm³/mol. The minimum absolute atomic E-state index is 1.07. The SMILES string of the molecule is CCc1sc(CCNC)cc1Br. The lowest BCUT2D eigenvalue weighted by Crippen LogP contribution is -2.09. The van der Waals surface area contributed by atoms with Crippen molar-refractivity contribution >= 4 is 27.3 Å². The van der Waals surface area contributed by atoms with E-state index >= 15 is 0 Å². The van der Waals surface area contributed by atoms with Gasteiger partial charge in [0, 0.05) is 14.2 Å². The smallest absolute Gasteiger partial charge is 0.0317 e. The van der Waals surface area contributed by atoms with Crippen molar-refractivity contribution in [3.63, 3.8) is 0 Å². The zero-order valence-corrected chi connectivity index (χ0v) is 9.89. The third-order valence-electron chi connectivity index (χ3n) is 1.75. The highest BCUT2D eigenvalue weighted by molar-refractivity contribution is 9.10. The number of hydrogen-bond donors (Lipinski definition) is 1. The Kier molecular flexibility index (Phi) is 4.26. The Balaban J connectivity index is 2.62. The van der Waals surface area contributed by atoms with Gasteiger partial charge in [-0.3, -0.25) is 0 Å². The van der Waals surface area contributed by atoms with Gasteiger partial charge in [0.25, 0.3) is 0 Å². The Bertz CT molecular complexity index is 245. The zero-order valence-electron chi connectivity index (χ0n) is 7.48. The lowest BCUT2D eigenvalue weighted by Gasteiger charge is -1.93. The number of nitrogens with one attached hydrogen (secondary N) is 1. The third-order valence-corrected chi connectivity index (χ3v) is 4.06. The molecular weight excluding hydrogens is 234 g/mol. The van der Waals surface area contributed by atoms with Gasteiger partial charge in [0.2, 0.25) is 0 Å². The van der Waals surface area contributed by atoms with Crippen LogP contribution in [0.1, 0.15) is 16.7 Å². The van der Waals surface area contributed by atoms with Crippen molar-refractivity contribution in [2.75, 3.05) is 13.6 Å². The normalized spacial score (nSPS) is 10.6. The second kappa shape index (κ2) is 5.00. The van der Waals surface area contributed by atoms with E-state index in [9.17, 15) is 0 Å². The minimum Gasteiger partial charge on any atom is -0.319 e. The Hall–Kier alpha value is 0.140. The zero-order chi connectivity index (χ0) is 8.97. The van der Waals surface area contributed by atoms with E-state index in [4.69, 9.17) is 0 Å². The molecule has 0 bridgehead atoms. The summed E-state index contributed by atoms with van der Waals surface area (Å²) in [4.78, 5) is 2.93. The summed E-state index contributed by atoms with van der Waals surface area (Å²) in [5, 5.41) is 3.15. The highest BCUT2D eigenvalue weighted by Gasteiger charge is 2.03. The van der Waals surface area contributed by atoms with Crippen molar-refractivity contribution in [3.05, 3.63) is 20.3 Å². The van der Waals surface area contributed by atoms with Crippen LogP contribution in [0.15, 0.2) is 10.5 Å². The molecule has 0 unspecified atom stereocenters. The molecule has 0 fully saturated rings. The molecule has 0 aromatic carbocycles. The van der Waals surface area contributed by atoms with E-state index in [0.717, 1.165) is 19.4 Å². The second-order valence-electron chi connectivity index (χ2n) is 2.69. The molecule has 1 heterocycles. The Morgan fingerprint density at radius 2 is 2.33 bits per heavy atom. The highest BCUT2D eigenvalue weighted by Crippen LogP contribution is 2.27. The van der Waals surface area contributed by atoms with E-state index in [0.29, 0.717) is 0 Å². The molecule has 0 atom stereocenters. The maximum absolute atomic E-state index is 3.56. The Morgan fingerprint density at radius 1 is 1.58 bits per heavy atom. The van der Waals surface area contributed by atoms with Gasteiger partial charge < -0.3 is 5.32 Å². The van der Waals surface area contributed by atoms with Gasteiger partial charge in [-0.2, -0.15) is 0 Å². The van der Waals surface area contributed by atoms with Crippen molar-refractivity contribution in [1.29, 1.82) is 0 Å². The monoisotopic (exact) mass is 247 g/mol. The van der Waals surface area contributed by atoms with Gasteiger partial charge >= 0.3 is 0 Å². The van der Waals surface area contributed by atoms with Gasteiger partial charge in [0.05, 0.1) is 0 Å². The molecule has 12 heavy (non-hydrogen) atoms. The average Bonchev–Trinajstić information content (AvgIpc) is 2.43. The molecule has 0 aliphatic heterocycles. The number of rotatable bonds is 4. The summed E-state index contributed by atoms with van der Waals surface area (Å²) in [6.45, 7) is 3.26. The Morgan fingerprint density at radius 3 is 2.83 bits per heavy atom. The molecule has 0 spiro atoms. The van der Waals surface area contributed by atoms with Crippen molar-refractivity contribution < 1.29 is 0 Å². The largest absolute Gasteiger partial charge is 0.319 e. The van der Waals surface area contributed by atoms with E-state index in [1.54, 1.807) is 0 Å². The predicted octanol–water partition coefficient (Wildman–Crippen LogP) is 2.83. The molecule has 68 valence electrons. The van der Waals surface area contributed by atoms with Gasteiger partial charge in [0.15, 0.2) is 0 Å². The van der Waals surface area contributed by atoms with Crippen LogP contribution in [-0.2, 0) is 12.8 Å². The minimum atomic E-state index is 1.07. The van der Waals surface area contributed by atoms with Gasteiger partial charge in [-0.1, -0.05) is 6.92 Å². The number of likely N-dealkylation sites (N-methyl/N-ethyl adjacent to an activating group) is 1. The first-order chi connectivity index (χ1) is 5.77. The first-order valence-electron chi connectivity index (χ1n) is 4.19. The van der Waals surface area contributed by atoms with Gasteiger partial charge in [0.1, 0.15) is 0 Å². The molecule has 0 amide bonds. The van der Waals surface area contributed by atoms with Crippen molar-refractivity contribution in [3.8, 4) is 0 Å². The summed E-state index contributed by atoms with van der Waals surface area (Å²) in [5.41, 5.74) is 0. The van der Waals surface area contributed by atoms with E-state index in [1.165, 1.54) is 14.2 Å². The van der Waals surface area contributed by atoms with Crippen molar-refractivity contribution in [2.45, 2.75) is 19.8 Å². The molecule has 1 aromatic heterocycles. The first-order valence-corrected chi connectivity index (χ1v) is 5.80. The first kappa shape index (κ1) is 10.2. The fourth-order valence-corrected chi connectivity index (χ4v) is 3.02. The second-order valence-corrected chi connectivity index (χ2v) is 4.77. The van der Waals surface area contributed by atoms with Gasteiger partial charge in [-0.15, -0.1) is 11.3 Å². The van der Waals surface area contributed by atoms with Crippen LogP contribution >= 0.6 is 27.3 Å². The van der Waals surface area contributed by atoms with Gasteiger partial charge in [-0.05, 0) is 48.4 Å². The summed E-state index contributed by atoms with van der Waals surface area (Å²) >= 11 is 5.47. The molecule has 1 nitrogen and oxygen atoms in total. The quantitative estimate of drug-likeness (QED) is 0.863. The van der Waals surface area contributed by atoms with Crippen molar-refractivity contribution in [1.82, 2.24) is 5.32 Å². The molecule has 0 aliphatic rings. The van der Waals surface area contributed by atoms with E-state index in [-0.39, 0.29) is 0 Å². The van der Waals surface area contributed by atoms with Crippen LogP contribution in [0.3, 0.4) is 0 Å². The average molecular weight is 248 g/mol. The molecular formula is C9H14BrNS. The van der Waals surface area contributed by atoms with Crippen LogP contribution in [0.25, 0.3) is 0 Å². The lowest BCUT2D eigenvalue weighted by molar-refractivity contribution is 0.799. The number of hydrogen-bond acceptors (Lipinski definition) is 2. The summed E-state index contributed by atoms with van der Waals surface area (Å²) in [5.74, 6) is 0. The molecule has 1 N–H and O–H groups in total. The van der Waals surface area contributed by atoms with Gasteiger partial charge in [-0.25, -0.2) is 0 Å². The van der Waals surface area contributed by atoms with Crippen LogP contribution < -0.4 is 5.32 Å². The van der Waals surface area contributed by atoms with Crippen LogP contribution in [0.5, 0.6) is 0 Å². The fraction of sp³-hybridized carbons (Fsp3) is 0.556. The Labute approximate surface area is 86.3 Å². The summed E-state index contributed by atoms with van der Waals surface area (Å²) in [6, 6.07) is 2.24. The molecule has 0 aliphatic carbocycles. The maximum Gasteiger partial charge on any atom is 0.0317 e. The molecule has 0 radical (unpaired) electrons. The summed E-state index contributed by atoms with van der Waals surface area (Å²) < 4.78 is 1.28. The van der Waals surface area contributed by atoms with E-state index < -0.39 is 0 Å². The molecule has 1 aromatic rings. The fourth-order valence-electron chi connectivity index (χ4n) is 1.07.